The van der Waals surface area contributed by atoms with E-state index in [4.69, 9.17) is 45.6 Å². The van der Waals surface area contributed by atoms with Crippen LogP contribution in [0.1, 0.15) is 27.3 Å². The highest BCUT2D eigenvalue weighted by Gasteiger charge is 2.14. The van der Waals surface area contributed by atoms with Gasteiger partial charge >= 0.3 is 0 Å². The number of nitro groups is 2. The molecule has 0 saturated heterocycles. The first-order chi connectivity index (χ1) is 24.9. The molecule has 0 aliphatic heterocycles. The Bertz CT molecular complexity index is 2020. The van der Waals surface area contributed by atoms with Crippen molar-refractivity contribution in [3.63, 3.8) is 0 Å². The highest BCUT2D eigenvalue weighted by Crippen LogP contribution is 2.32. The van der Waals surface area contributed by atoms with E-state index in [2.05, 4.69) is 43.8 Å². The number of non-ortho nitro benzene ring substituents is 2. The number of ketones is 1. The number of anilines is 1. The molecule has 0 saturated carbocycles. The third-order valence-electron chi connectivity index (χ3n) is 5.75. The molecule has 0 amide bonds. The third kappa shape index (κ3) is 16.4. The van der Waals surface area contributed by atoms with E-state index in [0.717, 1.165) is 38.6 Å². The summed E-state index contributed by atoms with van der Waals surface area (Å²) >= 11 is 27.7. The number of benzene rings is 3. The van der Waals surface area contributed by atoms with Crippen LogP contribution in [0.3, 0.4) is 0 Å². The van der Waals surface area contributed by atoms with Crippen molar-refractivity contribution in [2.75, 3.05) is 17.7 Å². The number of nitrogens with two attached hydrogens (primary N) is 2. The first-order valence-corrected chi connectivity index (χ1v) is 18.8. The average molecular weight is 915 g/mol. The molecular weight excluding hydrogens is 885 g/mol. The standard InChI is InChI=1S/C10H7ClN2O2S.C10H9ClN2S.C8H5BrClNO3.C2H3F2NS.C2H6O/c1-6-12-10(5-16-6)8-3-2-7(13(14)15)4-9(8)11;1-6-13-10(5-14-6)8-3-2-7(12)4-9(8)11;9-4-8(12)6-2-1-5(11(13)14)3-7(6)10;3-1(4)2(5)6;1-2-3/h2-5H,1H3;2-5H,12H2,1H3;1-3H,4H2;1H,(H2,5,6);3H,2H2,1H3. The predicted octanol–water partition coefficient (Wildman–Crippen LogP) is 10.4. The summed E-state index contributed by atoms with van der Waals surface area (Å²) in [5.41, 5.74) is 14.2. The van der Waals surface area contributed by atoms with Gasteiger partial charge in [0, 0.05) is 64.0 Å². The summed E-state index contributed by atoms with van der Waals surface area (Å²) < 4.78 is 21.8. The molecule has 3 aromatic carbocycles. The molecule has 0 fully saturated rings. The Morgan fingerprint density at radius 2 is 1.28 bits per heavy atom. The van der Waals surface area contributed by atoms with Crippen LogP contribution in [0.2, 0.25) is 15.1 Å². The van der Waals surface area contributed by atoms with Crippen LogP contribution in [0.25, 0.3) is 22.5 Å². The van der Waals surface area contributed by atoms with Gasteiger partial charge in [-0.3, -0.25) is 25.0 Å². The molecule has 0 aliphatic carbocycles. The van der Waals surface area contributed by atoms with Crippen LogP contribution in [0.5, 0.6) is 0 Å². The van der Waals surface area contributed by atoms with Gasteiger partial charge in [0.25, 0.3) is 17.8 Å². The largest absolute Gasteiger partial charge is 0.399 e. The summed E-state index contributed by atoms with van der Waals surface area (Å²) in [6, 6.07) is 13.6. The number of aliphatic hydroxyl groups excluding tert-OH is 1. The van der Waals surface area contributed by atoms with E-state index in [0.29, 0.717) is 15.7 Å². The zero-order valence-corrected chi connectivity index (χ0v) is 34.1. The number of halogens is 6. The van der Waals surface area contributed by atoms with E-state index in [-0.39, 0.29) is 39.7 Å². The van der Waals surface area contributed by atoms with Crippen molar-refractivity contribution in [1.29, 1.82) is 0 Å². The maximum absolute atomic E-state index is 11.2. The molecule has 21 heteroatoms. The zero-order chi connectivity index (χ0) is 40.4. The van der Waals surface area contributed by atoms with Crippen molar-refractivity contribution in [1.82, 2.24) is 9.97 Å². The second kappa shape index (κ2) is 23.8. The number of nitrogens with zero attached hydrogens (tertiary/aromatic N) is 4. The number of alkyl halides is 3. The van der Waals surface area contributed by atoms with Crippen molar-refractivity contribution in [2.24, 2.45) is 5.73 Å². The number of aryl methyl sites for hydroxylation is 2. The highest BCUT2D eigenvalue weighted by atomic mass is 79.9. The van der Waals surface area contributed by atoms with E-state index in [1.54, 1.807) is 30.4 Å². The monoisotopic (exact) mass is 912 g/mol. The number of aromatic nitrogens is 2. The van der Waals surface area contributed by atoms with Crippen molar-refractivity contribution >= 4 is 113 Å². The molecule has 5 aromatic rings. The Morgan fingerprint density at radius 1 is 0.887 bits per heavy atom. The number of carbonyl (C=O) groups is 1. The number of hydrogen-bond donors (Lipinski definition) is 3. The first-order valence-electron chi connectivity index (χ1n) is 14.4. The van der Waals surface area contributed by atoms with Crippen LogP contribution in [-0.2, 0) is 0 Å². The Hall–Kier alpha value is -3.75. The highest BCUT2D eigenvalue weighted by molar-refractivity contribution is 9.09. The molecule has 0 atom stereocenters. The van der Waals surface area contributed by atoms with Crippen LogP contribution in [0.15, 0.2) is 65.4 Å². The maximum atomic E-state index is 11.2. The lowest BCUT2D eigenvalue weighted by Crippen LogP contribution is -2.17. The number of carbonyl (C=O) groups excluding carboxylic acids is 1. The molecule has 0 spiro atoms. The minimum Gasteiger partial charge on any atom is -0.399 e. The summed E-state index contributed by atoms with van der Waals surface area (Å²) in [5, 5.41) is 35.5. The number of aliphatic hydroxyl groups is 1. The van der Waals surface area contributed by atoms with Gasteiger partial charge in [0.2, 0.25) is 0 Å². The second-order valence-electron chi connectivity index (χ2n) is 9.66. The fourth-order valence-corrected chi connectivity index (χ4v) is 5.82. The topological polar surface area (TPSA) is 201 Å². The first kappa shape index (κ1) is 47.3. The lowest BCUT2D eigenvalue weighted by atomic mass is 10.1. The lowest BCUT2D eigenvalue weighted by molar-refractivity contribution is -0.385. The smallest absolute Gasteiger partial charge is 0.287 e. The van der Waals surface area contributed by atoms with Gasteiger partial charge in [-0.05, 0) is 51.1 Å². The van der Waals surface area contributed by atoms with Crippen molar-refractivity contribution in [3.8, 4) is 22.5 Å². The summed E-state index contributed by atoms with van der Waals surface area (Å²) in [4.78, 5) is 39.0. The molecule has 0 bridgehead atoms. The average Bonchev–Trinajstić information content (AvgIpc) is 3.73. The number of nitro benzene ring substituents is 2. The molecule has 53 heavy (non-hydrogen) atoms. The van der Waals surface area contributed by atoms with E-state index in [1.165, 1.54) is 35.6 Å². The predicted molar refractivity (Wildman–Crippen MR) is 217 cm³/mol. The molecule has 284 valence electrons. The van der Waals surface area contributed by atoms with Gasteiger partial charge in [0.15, 0.2) is 5.78 Å². The third-order valence-corrected chi connectivity index (χ3v) is 8.92. The van der Waals surface area contributed by atoms with E-state index in [9.17, 15) is 33.8 Å². The number of Topliss-reactive ketones (excluding diaryl/α,β-unsaturated/α-hetero) is 1. The number of hydrogen-bond acceptors (Lipinski definition) is 12. The Kier molecular flexibility index (Phi) is 21.2. The molecule has 0 aliphatic rings. The molecule has 5 N–H and O–H groups in total. The van der Waals surface area contributed by atoms with Crippen molar-refractivity contribution in [2.45, 2.75) is 27.2 Å². The zero-order valence-electron chi connectivity index (χ0n) is 27.8. The minimum absolute atomic E-state index is 0.0132. The molecule has 0 radical (unpaired) electrons. The van der Waals surface area contributed by atoms with Crippen molar-refractivity contribution in [3.05, 3.63) is 116 Å². The van der Waals surface area contributed by atoms with Crippen molar-refractivity contribution < 1.29 is 28.5 Å². The summed E-state index contributed by atoms with van der Waals surface area (Å²) in [7, 11) is 0. The van der Waals surface area contributed by atoms with Gasteiger partial charge in [-0.2, -0.15) is 0 Å². The number of thiocarbonyl (C=S) groups is 1. The number of nitrogen functional groups attached to an aromatic ring is 1. The second-order valence-corrected chi connectivity index (χ2v) is 14.0. The van der Waals surface area contributed by atoms with Crippen LogP contribution in [0.4, 0.5) is 25.8 Å². The number of rotatable bonds is 7. The lowest BCUT2D eigenvalue weighted by Gasteiger charge is -2.01. The van der Waals surface area contributed by atoms with Gasteiger partial charge in [-0.1, -0.05) is 63.0 Å². The minimum atomic E-state index is -2.64. The molecule has 2 aromatic heterocycles. The Morgan fingerprint density at radius 3 is 1.60 bits per heavy atom. The normalized spacial score (nSPS) is 9.87. The molecular formula is C32H30BrCl3F2N6O6S3. The molecule has 2 heterocycles. The van der Waals surface area contributed by atoms with Gasteiger partial charge in [-0.25, -0.2) is 18.7 Å². The number of thiazole rings is 2. The Balaban J connectivity index is 0.000000358. The molecule has 0 unspecified atom stereocenters. The van der Waals surface area contributed by atoms with Gasteiger partial charge < -0.3 is 16.6 Å². The van der Waals surface area contributed by atoms with Crippen LogP contribution < -0.4 is 11.5 Å². The molecule has 12 nitrogen and oxygen atoms in total. The fraction of sp³-hybridized carbons (Fsp3) is 0.188. The van der Waals surface area contributed by atoms with E-state index < -0.39 is 21.3 Å². The maximum Gasteiger partial charge on any atom is 0.287 e. The van der Waals surface area contributed by atoms with Crippen LogP contribution in [-0.4, -0.2) is 54.1 Å². The summed E-state index contributed by atoms with van der Waals surface area (Å²) in [5.74, 6) is -0.204. The van der Waals surface area contributed by atoms with Crippen LogP contribution >= 0.6 is 85.6 Å². The van der Waals surface area contributed by atoms with Gasteiger partial charge in [-0.15, -0.1) is 22.7 Å². The summed E-state index contributed by atoms with van der Waals surface area (Å²) in [6.07, 6.45) is -2.64. The van der Waals surface area contributed by atoms with Gasteiger partial charge in [0.1, 0.15) is 4.99 Å². The molecule has 5 rings (SSSR count). The SMILES string of the molecule is CCO.Cc1nc(-c2ccc(N)cc2Cl)cs1.Cc1nc(-c2ccc([N+](=O)[O-])cc2Cl)cs1.NC(=S)C(F)F.O=C(CBr)c1ccc([N+](=O)[O-])cc1Cl. The van der Waals surface area contributed by atoms with Crippen LogP contribution in [0, 0.1) is 34.1 Å². The quantitative estimate of drug-likeness (QED) is 0.0350. The fourth-order valence-electron chi connectivity index (χ4n) is 3.45. The van der Waals surface area contributed by atoms with E-state index >= 15 is 0 Å². The Labute approximate surface area is 339 Å². The van der Waals surface area contributed by atoms with Gasteiger partial charge in [0.05, 0.1) is 51.6 Å². The van der Waals surface area contributed by atoms with E-state index in [1.807, 2.05) is 36.7 Å². The summed E-state index contributed by atoms with van der Waals surface area (Å²) in [6.45, 7) is 5.80.